The highest BCUT2D eigenvalue weighted by atomic mass is 16.5. The van der Waals surface area contributed by atoms with Crippen molar-refractivity contribution in [2.45, 2.75) is 20.3 Å². The molecule has 1 saturated heterocycles. The Hall–Kier alpha value is -1.16. The summed E-state index contributed by atoms with van der Waals surface area (Å²) in [6.07, 6.45) is 2.83. The summed E-state index contributed by atoms with van der Waals surface area (Å²) in [5.74, 6) is 0.681. The lowest BCUT2D eigenvalue weighted by Crippen LogP contribution is -2.08. The molecule has 0 bridgehead atoms. The van der Waals surface area contributed by atoms with Crippen molar-refractivity contribution in [3.63, 3.8) is 0 Å². The molecule has 1 aliphatic heterocycles. The summed E-state index contributed by atoms with van der Waals surface area (Å²) >= 11 is 0. The Bertz CT molecular complexity index is 337. The molecule has 1 aliphatic rings. The van der Waals surface area contributed by atoms with Gasteiger partial charge in [-0.15, -0.1) is 0 Å². The number of nitrogens with zero attached hydrogens (tertiary/aromatic N) is 3. The Labute approximate surface area is 90.3 Å². The van der Waals surface area contributed by atoms with Gasteiger partial charge in [0.25, 0.3) is 0 Å². The smallest absolute Gasteiger partial charge is 0.235 e. The van der Waals surface area contributed by atoms with E-state index in [-0.39, 0.29) is 0 Å². The summed E-state index contributed by atoms with van der Waals surface area (Å²) in [5.41, 5.74) is 1.77. The van der Waals surface area contributed by atoms with Gasteiger partial charge in [0.15, 0.2) is 0 Å². The van der Waals surface area contributed by atoms with Gasteiger partial charge in [0.1, 0.15) is 0 Å². The van der Waals surface area contributed by atoms with Crippen molar-refractivity contribution in [2.24, 2.45) is 0 Å². The second-order valence-corrected chi connectivity index (χ2v) is 3.95. The van der Waals surface area contributed by atoms with Crippen molar-refractivity contribution >= 4 is 0 Å². The first-order valence-electron chi connectivity index (χ1n) is 5.41. The Morgan fingerprint density at radius 3 is 2.93 bits per heavy atom. The molecule has 2 heterocycles. The Morgan fingerprint density at radius 1 is 1.40 bits per heavy atom. The third kappa shape index (κ3) is 3.16. The van der Waals surface area contributed by atoms with Crippen molar-refractivity contribution in [3.8, 4) is 5.88 Å². The largest absolute Gasteiger partial charge is 0.476 e. The van der Waals surface area contributed by atoms with Crippen LogP contribution in [0.2, 0.25) is 0 Å². The topological polar surface area (TPSA) is 38.0 Å². The molecular weight excluding hydrogens is 190 g/mol. The molecule has 82 valence electrons. The van der Waals surface area contributed by atoms with Gasteiger partial charge in [-0.25, -0.2) is 4.98 Å². The monoisotopic (exact) mass is 207 g/mol. The van der Waals surface area contributed by atoms with Crippen molar-refractivity contribution < 1.29 is 4.74 Å². The summed E-state index contributed by atoms with van der Waals surface area (Å²) < 4.78 is 5.60. The molecule has 0 amide bonds. The van der Waals surface area contributed by atoms with Crippen molar-refractivity contribution in [1.29, 1.82) is 0 Å². The molecule has 0 spiro atoms. The summed E-state index contributed by atoms with van der Waals surface area (Å²) in [6, 6.07) is 0. The van der Waals surface area contributed by atoms with Crippen LogP contribution in [0, 0.1) is 13.8 Å². The van der Waals surface area contributed by atoms with Crippen LogP contribution < -0.4 is 4.74 Å². The SMILES string of the molecule is Cc1cnc(C)c(OCCCN2CC2)n1. The summed E-state index contributed by atoms with van der Waals surface area (Å²) in [4.78, 5) is 10.9. The fraction of sp³-hybridized carbons (Fsp3) is 0.636. The minimum atomic E-state index is 0.681. The second-order valence-electron chi connectivity index (χ2n) is 3.95. The fourth-order valence-corrected chi connectivity index (χ4v) is 1.40. The maximum atomic E-state index is 5.60. The quantitative estimate of drug-likeness (QED) is 0.537. The molecule has 4 heteroatoms. The fourth-order valence-electron chi connectivity index (χ4n) is 1.40. The van der Waals surface area contributed by atoms with Crippen LogP contribution in [0.1, 0.15) is 17.8 Å². The zero-order valence-corrected chi connectivity index (χ0v) is 9.36. The van der Waals surface area contributed by atoms with E-state index in [0.29, 0.717) is 5.88 Å². The normalized spacial score (nSPS) is 15.3. The molecule has 1 aromatic heterocycles. The molecular formula is C11H17N3O. The molecule has 0 aromatic carbocycles. The lowest BCUT2D eigenvalue weighted by Gasteiger charge is -2.07. The van der Waals surface area contributed by atoms with E-state index >= 15 is 0 Å². The van der Waals surface area contributed by atoms with Crippen LogP contribution in [-0.4, -0.2) is 41.1 Å². The van der Waals surface area contributed by atoms with Crippen molar-refractivity contribution in [1.82, 2.24) is 14.9 Å². The number of hydrogen-bond acceptors (Lipinski definition) is 4. The van der Waals surface area contributed by atoms with Gasteiger partial charge < -0.3 is 9.64 Å². The molecule has 0 radical (unpaired) electrons. The van der Waals surface area contributed by atoms with Gasteiger partial charge in [-0.05, 0) is 20.3 Å². The highest BCUT2D eigenvalue weighted by molar-refractivity contribution is 5.17. The van der Waals surface area contributed by atoms with Gasteiger partial charge in [-0.3, -0.25) is 4.98 Å². The molecule has 0 atom stereocenters. The molecule has 1 aromatic rings. The lowest BCUT2D eigenvalue weighted by atomic mass is 10.4. The Kier molecular flexibility index (Phi) is 3.16. The maximum Gasteiger partial charge on any atom is 0.235 e. The molecule has 1 fully saturated rings. The third-order valence-corrected chi connectivity index (χ3v) is 2.43. The van der Waals surface area contributed by atoms with Crippen LogP contribution >= 0.6 is 0 Å². The van der Waals surface area contributed by atoms with Crippen molar-refractivity contribution in [3.05, 3.63) is 17.6 Å². The average molecular weight is 207 g/mol. The first-order chi connectivity index (χ1) is 7.25. The maximum absolute atomic E-state index is 5.60. The van der Waals surface area contributed by atoms with Crippen LogP contribution in [0.25, 0.3) is 0 Å². The lowest BCUT2D eigenvalue weighted by molar-refractivity contribution is 0.284. The average Bonchev–Trinajstić information content (AvgIpc) is 3.01. The Morgan fingerprint density at radius 2 is 2.20 bits per heavy atom. The molecule has 0 N–H and O–H groups in total. The first-order valence-corrected chi connectivity index (χ1v) is 5.41. The summed E-state index contributed by atoms with van der Waals surface area (Å²) in [7, 11) is 0. The predicted octanol–water partition coefficient (Wildman–Crippen LogP) is 1.18. The number of aryl methyl sites for hydroxylation is 2. The molecule has 4 nitrogen and oxygen atoms in total. The van der Waals surface area contributed by atoms with E-state index in [9.17, 15) is 0 Å². The first kappa shape index (κ1) is 10.4. The van der Waals surface area contributed by atoms with Crippen LogP contribution in [0.3, 0.4) is 0 Å². The van der Waals surface area contributed by atoms with Gasteiger partial charge in [0.2, 0.25) is 5.88 Å². The number of ether oxygens (including phenoxy) is 1. The van der Waals surface area contributed by atoms with E-state index in [2.05, 4.69) is 14.9 Å². The highest BCUT2D eigenvalue weighted by Crippen LogP contribution is 2.12. The van der Waals surface area contributed by atoms with E-state index in [1.165, 1.54) is 13.1 Å². The third-order valence-electron chi connectivity index (χ3n) is 2.43. The molecule has 15 heavy (non-hydrogen) atoms. The van der Waals surface area contributed by atoms with Crippen LogP contribution in [0.15, 0.2) is 6.20 Å². The van der Waals surface area contributed by atoms with Gasteiger partial charge in [0.05, 0.1) is 18.0 Å². The van der Waals surface area contributed by atoms with Gasteiger partial charge in [-0.1, -0.05) is 0 Å². The minimum absolute atomic E-state index is 0.681. The number of aromatic nitrogens is 2. The molecule has 2 rings (SSSR count). The second kappa shape index (κ2) is 4.57. The van der Waals surface area contributed by atoms with E-state index in [4.69, 9.17) is 4.74 Å². The van der Waals surface area contributed by atoms with Gasteiger partial charge in [0, 0.05) is 25.8 Å². The van der Waals surface area contributed by atoms with E-state index in [1.807, 2.05) is 13.8 Å². The van der Waals surface area contributed by atoms with Crippen LogP contribution in [0.4, 0.5) is 0 Å². The van der Waals surface area contributed by atoms with E-state index in [0.717, 1.165) is 31.0 Å². The molecule has 0 unspecified atom stereocenters. The standard InChI is InChI=1S/C11H17N3O/c1-9-8-12-10(2)11(13-9)15-7-3-4-14-5-6-14/h8H,3-7H2,1-2H3. The van der Waals surface area contributed by atoms with E-state index in [1.54, 1.807) is 6.20 Å². The highest BCUT2D eigenvalue weighted by Gasteiger charge is 2.15. The predicted molar refractivity (Wildman–Crippen MR) is 58.1 cm³/mol. The van der Waals surface area contributed by atoms with Crippen LogP contribution in [0.5, 0.6) is 5.88 Å². The van der Waals surface area contributed by atoms with Crippen molar-refractivity contribution in [2.75, 3.05) is 26.2 Å². The van der Waals surface area contributed by atoms with Crippen LogP contribution in [-0.2, 0) is 0 Å². The summed E-state index contributed by atoms with van der Waals surface area (Å²) in [6.45, 7) is 8.22. The number of hydrogen-bond donors (Lipinski definition) is 0. The van der Waals surface area contributed by atoms with Gasteiger partial charge in [-0.2, -0.15) is 0 Å². The zero-order valence-electron chi connectivity index (χ0n) is 9.36. The minimum Gasteiger partial charge on any atom is -0.476 e. The van der Waals surface area contributed by atoms with Gasteiger partial charge >= 0.3 is 0 Å². The molecule has 0 saturated carbocycles. The molecule has 0 aliphatic carbocycles. The Balaban J connectivity index is 1.78. The zero-order chi connectivity index (χ0) is 10.7. The number of rotatable bonds is 5. The van der Waals surface area contributed by atoms with E-state index < -0.39 is 0 Å². The summed E-state index contributed by atoms with van der Waals surface area (Å²) in [5, 5.41) is 0.